The molecule has 0 radical (unpaired) electrons. The molecule has 1 fully saturated rings. The molecule has 0 bridgehead atoms. The molecule has 0 amide bonds. The Morgan fingerprint density at radius 3 is 2.71 bits per heavy atom. The lowest BCUT2D eigenvalue weighted by atomic mass is 9.93. The van der Waals surface area contributed by atoms with Gasteiger partial charge in [0, 0.05) is 25.2 Å². The zero-order valence-corrected chi connectivity index (χ0v) is 17.5. The Labute approximate surface area is 165 Å². The number of nitrogens with one attached hydrogen (secondary N) is 1. The van der Waals surface area contributed by atoms with E-state index in [-0.39, 0.29) is 17.6 Å². The van der Waals surface area contributed by atoms with Gasteiger partial charge in [-0.05, 0) is 30.7 Å². The number of hydrogen-bond donors (Lipinski definition) is 1. The van der Waals surface area contributed by atoms with Gasteiger partial charge in [0.25, 0.3) is 0 Å². The van der Waals surface area contributed by atoms with Crippen molar-refractivity contribution in [2.45, 2.75) is 46.0 Å². The Kier molecular flexibility index (Phi) is 5.13. The first kappa shape index (κ1) is 19.3. The fraction of sp³-hybridized carbons (Fsp3) is 0.632. The lowest BCUT2D eigenvalue weighted by Gasteiger charge is -2.20. The van der Waals surface area contributed by atoms with E-state index in [0.717, 1.165) is 41.9 Å². The lowest BCUT2D eigenvalue weighted by Crippen LogP contribution is -2.34. The second kappa shape index (κ2) is 7.44. The van der Waals surface area contributed by atoms with E-state index in [2.05, 4.69) is 31.5 Å². The minimum Gasteiger partial charge on any atom is -0.345 e. The molecule has 1 saturated carbocycles. The summed E-state index contributed by atoms with van der Waals surface area (Å²) >= 11 is 0. The molecule has 1 N–H and O–H groups in total. The molecule has 9 heteroatoms. The molecule has 0 aromatic carbocycles. The number of sulfonamides is 1. The quantitative estimate of drug-likeness (QED) is 0.653. The summed E-state index contributed by atoms with van der Waals surface area (Å²) in [7, 11) is -3.22. The fourth-order valence-electron chi connectivity index (χ4n) is 4.80. The largest absolute Gasteiger partial charge is 0.345 e. The summed E-state index contributed by atoms with van der Waals surface area (Å²) in [6.45, 7) is 7.02. The van der Waals surface area contributed by atoms with Gasteiger partial charge < -0.3 is 4.98 Å². The minimum atomic E-state index is -3.22. The van der Waals surface area contributed by atoms with E-state index >= 15 is 0 Å². The van der Waals surface area contributed by atoms with Crippen molar-refractivity contribution in [3.8, 4) is 0 Å². The maximum Gasteiger partial charge on any atom is 0.214 e. The highest BCUT2D eigenvalue weighted by Gasteiger charge is 2.39. The van der Waals surface area contributed by atoms with E-state index < -0.39 is 10.0 Å². The number of rotatable bonds is 7. The number of aromatic nitrogens is 5. The van der Waals surface area contributed by atoms with Gasteiger partial charge in [-0.25, -0.2) is 17.7 Å². The van der Waals surface area contributed by atoms with Crippen molar-refractivity contribution in [1.29, 1.82) is 0 Å². The third-order valence-electron chi connectivity index (χ3n) is 6.16. The second-order valence-electron chi connectivity index (χ2n) is 7.70. The molecule has 3 atom stereocenters. The van der Waals surface area contributed by atoms with Crippen LogP contribution in [-0.4, -0.2) is 56.1 Å². The SMILES string of the molecule is CC[C@H]1C[C@@H](CS(=O)(=O)N(CC)CC)C[C@@H]1c1nnc2cnc3[nH]ccc3n12. The van der Waals surface area contributed by atoms with Gasteiger partial charge in [0.05, 0.1) is 17.5 Å². The van der Waals surface area contributed by atoms with Crippen LogP contribution < -0.4 is 0 Å². The monoisotopic (exact) mass is 404 g/mol. The Balaban J connectivity index is 1.66. The third-order valence-corrected chi connectivity index (χ3v) is 8.36. The topological polar surface area (TPSA) is 96.2 Å². The van der Waals surface area contributed by atoms with E-state index in [1.807, 2.05) is 26.1 Å². The molecule has 8 nitrogen and oxygen atoms in total. The van der Waals surface area contributed by atoms with E-state index in [1.54, 1.807) is 10.5 Å². The highest BCUT2D eigenvalue weighted by Crippen LogP contribution is 2.45. The van der Waals surface area contributed by atoms with Crippen LogP contribution in [0.15, 0.2) is 18.5 Å². The van der Waals surface area contributed by atoms with Crippen LogP contribution >= 0.6 is 0 Å². The van der Waals surface area contributed by atoms with Crippen molar-refractivity contribution in [1.82, 2.24) is 28.9 Å². The highest BCUT2D eigenvalue weighted by molar-refractivity contribution is 7.89. The summed E-state index contributed by atoms with van der Waals surface area (Å²) in [5.41, 5.74) is 2.50. The number of aromatic amines is 1. The molecular weight excluding hydrogens is 376 g/mol. The van der Waals surface area contributed by atoms with Crippen molar-refractivity contribution in [2.24, 2.45) is 11.8 Å². The van der Waals surface area contributed by atoms with Crippen molar-refractivity contribution < 1.29 is 8.42 Å². The lowest BCUT2D eigenvalue weighted by molar-refractivity contribution is 0.429. The van der Waals surface area contributed by atoms with E-state index in [0.29, 0.717) is 19.0 Å². The zero-order chi connectivity index (χ0) is 19.9. The summed E-state index contributed by atoms with van der Waals surface area (Å²) in [6, 6.07) is 1.99. The highest BCUT2D eigenvalue weighted by atomic mass is 32.2. The maximum atomic E-state index is 12.8. The van der Waals surface area contributed by atoms with E-state index in [9.17, 15) is 8.42 Å². The number of fused-ring (bicyclic) bond motifs is 3. The molecule has 3 aromatic heterocycles. The first-order chi connectivity index (χ1) is 13.5. The van der Waals surface area contributed by atoms with Crippen LogP contribution in [0.3, 0.4) is 0 Å². The molecule has 0 aliphatic heterocycles. The predicted octanol–water partition coefficient (Wildman–Crippen LogP) is 2.80. The summed E-state index contributed by atoms with van der Waals surface area (Å²) < 4.78 is 29.2. The smallest absolute Gasteiger partial charge is 0.214 e. The fourth-order valence-corrected chi connectivity index (χ4v) is 6.67. The summed E-state index contributed by atoms with van der Waals surface area (Å²) in [4.78, 5) is 7.52. The average Bonchev–Trinajstić information content (AvgIpc) is 3.38. The van der Waals surface area contributed by atoms with Crippen LogP contribution in [0.1, 0.15) is 51.8 Å². The number of H-pyrrole nitrogens is 1. The summed E-state index contributed by atoms with van der Waals surface area (Å²) in [5.74, 6) is 1.91. The van der Waals surface area contributed by atoms with E-state index in [1.165, 1.54) is 0 Å². The first-order valence-corrected chi connectivity index (χ1v) is 11.7. The van der Waals surface area contributed by atoms with Gasteiger partial charge in [-0.1, -0.05) is 27.2 Å². The van der Waals surface area contributed by atoms with Crippen molar-refractivity contribution in [3.05, 3.63) is 24.3 Å². The molecule has 3 heterocycles. The van der Waals surface area contributed by atoms with Crippen LogP contribution in [0.25, 0.3) is 16.8 Å². The zero-order valence-electron chi connectivity index (χ0n) is 16.7. The minimum absolute atomic E-state index is 0.149. The van der Waals surface area contributed by atoms with Gasteiger partial charge in [0.1, 0.15) is 5.82 Å². The van der Waals surface area contributed by atoms with E-state index in [4.69, 9.17) is 0 Å². The molecular formula is C19H28N6O2S. The standard InChI is InChI=1S/C19H28N6O2S/c1-4-14-9-13(12-28(26,27)24(5-2)6-3)10-15(14)19-23-22-17-11-21-18-16(25(17)19)7-8-20-18/h7-8,11,13-15,20H,4-6,9-10,12H2,1-3H3/t13-,14+,15+/m1/s1. The summed E-state index contributed by atoms with van der Waals surface area (Å²) in [5, 5.41) is 8.83. The second-order valence-corrected chi connectivity index (χ2v) is 9.71. The molecule has 152 valence electrons. The van der Waals surface area contributed by atoms with Crippen LogP contribution in [0.2, 0.25) is 0 Å². The van der Waals surface area contributed by atoms with Crippen LogP contribution in [0.4, 0.5) is 0 Å². The van der Waals surface area contributed by atoms with Crippen LogP contribution in [0.5, 0.6) is 0 Å². The predicted molar refractivity (Wildman–Crippen MR) is 109 cm³/mol. The molecule has 1 aliphatic carbocycles. The molecule has 4 rings (SSSR count). The first-order valence-electron chi connectivity index (χ1n) is 10.1. The van der Waals surface area contributed by atoms with Gasteiger partial charge in [-0.2, -0.15) is 0 Å². The Morgan fingerprint density at radius 2 is 2.00 bits per heavy atom. The Morgan fingerprint density at radius 1 is 1.21 bits per heavy atom. The summed E-state index contributed by atoms with van der Waals surface area (Å²) in [6.07, 6.45) is 6.34. The number of hydrogen-bond acceptors (Lipinski definition) is 5. The third kappa shape index (κ3) is 3.20. The van der Waals surface area contributed by atoms with Crippen molar-refractivity contribution in [3.63, 3.8) is 0 Å². The Hall–Kier alpha value is -2.00. The normalized spacial score (nSPS) is 23.4. The van der Waals surface area contributed by atoms with Crippen molar-refractivity contribution in [2.75, 3.05) is 18.8 Å². The van der Waals surface area contributed by atoms with Crippen LogP contribution in [-0.2, 0) is 10.0 Å². The van der Waals surface area contributed by atoms with Gasteiger partial charge in [0.15, 0.2) is 11.3 Å². The van der Waals surface area contributed by atoms with Gasteiger partial charge in [0.2, 0.25) is 10.0 Å². The molecule has 0 unspecified atom stereocenters. The average molecular weight is 405 g/mol. The van der Waals surface area contributed by atoms with Gasteiger partial charge >= 0.3 is 0 Å². The molecule has 0 saturated heterocycles. The maximum absolute atomic E-state index is 12.8. The molecule has 0 spiro atoms. The van der Waals surface area contributed by atoms with Crippen molar-refractivity contribution >= 4 is 26.8 Å². The van der Waals surface area contributed by atoms with Crippen LogP contribution in [0, 0.1) is 11.8 Å². The molecule has 28 heavy (non-hydrogen) atoms. The molecule has 1 aliphatic rings. The van der Waals surface area contributed by atoms with Gasteiger partial charge in [-0.3, -0.25) is 4.40 Å². The number of nitrogens with zero attached hydrogens (tertiary/aromatic N) is 5. The van der Waals surface area contributed by atoms with Gasteiger partial charge in [-0.15, -0.1) is 10.2 Å². The Bertz CT molecular complexity index is 1070. The molecule has 3 aromatic rings.